The largest absolute Gasteiger partial charge is 0.371 e. The summed E-state index contributed by atoms with van der Waals surface area (Å²) in [5.41, 5.74) is 0.810. The van der Waals surface area contributed by atoms with Gasteiger partial charge in [-0.05, 0) is 26.0 Å². The number of halogens is 1. The van der Waals surface area contributed by atoms with E-state index in [-0.39, 0.29) is 17.4 Å². The van der Waals surface area contributed by atoms with Crippen LogP contribution in [-0.4, -0.2) is 9.91 Å². The van der Waals surface area contributed by atoms with Crippen LogP contribution in [0.25, 0.3) is 0 Å². The van der Waals surface area contributed by atoms with Crippen LogP contribution >= 0.6 is 11.3 Å². The number of benzene rings is 1. The van der Waals surface area contributed by atoms with E-state index in [1.165, 1.54) is 23.5 Å². The van der Waals surface area contributed by atoms with E-state index < -0.39 is 10.7 Å². The van der Waals surface area contributed by atoms with Gasteiger partial charge in [0.2, 0.25) is 0 Å². The second kappa shape index (κ2) is 5.31. The second-order valence-electron chi connectivity index (χ2n) is 4.08. The first-order valence-corrected chi connectivity index (χ1v) is 6.48. The van der Waals surface area contributed by atoms with Crippen LogP contribution < -0.4 is 5.32 Å². The Bertz CT molecular complexity index is 615. The number of nitro benzene ring substituents is 1. The summed E-state index contributed by atoms with van der Waals surface area (Å²) in [5, 5.41) is 16.7. The van der Waals surface area contributed by atoms with Crippen LogP contribution in [0.1, 0.15) is 23.7 Å². The summed E-state index contributed by atoms with van der Waals surface area (Å²) in [4.78, 5) is 14.6. The number of aryl methyl sites for hydroxylation is 1. The third-order valence-electron chi connectivity index (χ3n) is 2.61. The molecule has 0 amide bonds. The topological polar surface area (TPSA) is 68.1 Å². The van der Waals surface area contributed by atoms with Crippen LogP contribution in [0.5, 0.6) is 0 Å². The molecule has 1 aromatic heterocycles. The molecule has 0 spiro atoms. The average molecular weight is 281 g/mol. The second-order valence-corrected chi connectivity index (χ2v) is 5.14. The van der Waals surface area contributed by atoms with Crippen molar-refractivity contribution in [1.29, 1.82) is 0 Å². The van der Waals surface area contributed by atoms with Crippen LogP contribution in [-0.2, 0) is 0 Å². The van der Waals surface area contributed by atoms with Crippen LogP contribution in [0, 0.1) is 22.9 Å². The van der Waals surface area contributed by atoms with Crippen molar-refractivity contribution < 1.29 is 9.31 Å². The minimum absolute atomic E-state index is 0.186. The molecule has 1 atom stereocenters. The van der Waals surface area contributed by atoms with Gasteiger partial charge in [-0.15, -0.1) is 11.3 Å². The first-order chi connectivity index (χ1) is 8.97. The van der Waals surface area contributed by atoms with Crippen LogP contribution in [0.4, 0.5) is 15.8 Å². The number of hydrogen-bond donors (Lipinski definition) is 1. The SMILES string of the molecule is Cc1nc(C(C)Nc2ccc(F)cc2[N+](=O)[O-])cs1. The lowest BCUT2D eigenvalue weighted by Gasteiger charge is -2.13. The molecule has 7 heteroatoms. The van der Waals surface area contributed by atoms with Crippen molar-refractivity contribution in [2.45, 2.75) is 19.9 Å². The molecule has 0 aliphatic heterocycles. The number of nitrogens with one attached hydrogen (secondary N) is 1. The normalized spacial score (nSPS) is 12.2. The highest BCUT2D eigenvalue weighted by atomic mass is 32.1. The van der Waals surface area contributed by atoms with Crippen molar-refractivity contribution in [3.63, 3.8) is 0 Å². The Balaban J connectivity index is 2.26. The summed E-state index contributed by atoms with van der Waals surface area (Å²) in [5.74, 6) is -0.630. The number of nitro groups is 1. The predicted octanol–water partition coefficient (Wildman–Crippen LogP) is 3.67. The van der Waals surface area contributed by atoms with E-state index in [4.69, 9.17) is 0 Å². The number of nitrogens with zero attached hydrogens (tertiary/aromatic N) is 2. The van der Waals surface area contributed by atoms with Gasteiger partial charge in [-0.3, -0.25) is 10.1 Å². The van der Waals surface area contributed by atoms with E-state index in [1.54, 1.807) is 0 Å². The van der Waals surface area contributed by atoms with Gasteiger partial charge in [0.15, 0.2) is 0 Å². The molecule has 2 aromatic rings. The third-order valence-corrected chi connectivity index (χ3v) is 3.40. The molecule has 5 nitrogen and oxygen atoms in total. The lowest BCUT2D eigenvalue weighted by Crippen LogP contribution is -2.09. The van der Waals surface area contributed by atoms with Gasteiger partial charge in [0.1, 0.15) is 11.5 Å². The zero-order valence-corrected chi connectivity index (χ0v) is 11.2. The monoisotopic (exact) mass is 281 g/mol. The number of anilines is 1. The Morgan fingerprint density at radius 3 is 2.84 bits per heavy atom. The summed E-state index contributed by atoms with van der Waals surface area (Å²) in [7, 11) is 0. The molecule has 0 bridgehead atoms. The molecular formula is C12H12FN3O2S. The molecule has 1 heterocycles. The fourth-order valence-corrected chi connectivity index (χ4v) is 2.37. The van der Waals surface area contributed by atoms with Crippen molar-refractivity contribution in [2.75, 3.05) is 5.32 Å². The van der Waals surface area contributed by atoms with E-state index in [9.17, 15) is 14.5 Å². The molecule has 0 saturated carbocycles. The molecule has 1 aromatic carbocycles. The molecule has 2 rings (SSSR count). The Morgan fingerprint density at radius 2 is 2.26 bits per heavy atom. The number of hydrogen-bond acceptors (Lipinski definition) is 5. The zero-order chi connectivity index (χ0) is 14.0. The van der Waals surface area contributed by atoms with Crippen molar-refractivity contribution >= 4 is 22.7 Å². The Kier molecular flexibility index (Phi) is 3.75. The van der Waals surface area contributed by atoms with Gasteiger partial charge in [-0.2, -0.15) is 0 Å². The van der Waals surface area contributed by atoms with E-state index in [0.29, 0.717) is 0 Å². The lowest BCUT2D eigenvalue weighted by molar-refractivity contribution is -0.384. The van der Waals surface area contributed by atoms with Crippen LogP contribution in [0.2, 0.25) is 0 Å². The fraction of sp³-hybridized carbons (Fsp3) is 0.250. The molecule has 0 radical (unpaired) electrons. The van der Waals surface area contributed by atoms with Gasteiger partial charge in [0.05, 0.1) is 27.7 Å². The van der Waals surface area contributed by atoms with Crippen LogP contribution in [0.15, 0.2) is 23.6 Å². The molecule has 1 unspecified atom stereocenters. The summed E-state index contributed by atoms with van der Waals surface area (Å²) in [6.07, 6.45) is 0. The maximum atomic E-state index is 13.0. The van der Waals surface area contributed by atoms with Gasteiger partial charge in [-0.25, -0.2) is 9.37 Å². The highest BCUT2D eigenvalue weighted by Crippen LogP contribution is 2.29. The number of thiazole rings is 1. The standard InChI is InChI=1S/C12H12FN3O2S/c1-7(11-6-19-8(2)15-11)14-10-4-3-9(13)5-12(10)16(17)18/h3-7,14H,1-2H3. The molecule has 0 aliphatic carbocycles. The summed E-state index contributed by atoms with van der Waals surface area (Å²) < 4.78 is 13.0. The molecule has 0 saturated heterocycles. The summed E-state index contributed by atoms with van der Waals surface area (Å²) >= 11 is 1.51. The highest BCUT2D eigenvalue weighted by molar-refractivity contribution is 7.09. The first-order valence-electron chi connectivity index (χ1n) is 5.60. The van der Waals surface area contributed by atoms with Gasteiger partial charge < -0.3 is 5.32 Å². The van der Waals surface area contributed by atoms with Gasteiger partial charge in [0.25, 0.3) is 5.69 Å². The predicted molar refractivity (Wildman–Crippen MR) is 71.9 cm³/mol. The maximum Gasteiger partial charge on any atom is 0.295 e. The minimum atomic E-state index is -0.630. The van der Waals surface area contributed by atoms with E-state index in [2.05, 4.69) is 10.3 Å². The zero-order valence-electron chi connectivity index (χ0n) is 10.4. The molecule has 1 N–H and O–H groups in total. The van der Waals surface area contributed by atoms with Gasteiger partial charge in [-0.1, -0.05) is 0 Å². The third kappa shape index (κ3) is 3.05. The molecule has 0 aliphatic rings. The van der Waals surface area contributed by atoms with E-state index in [1.807, 2.05) is 19.2 Å². The quantitative estimate of drug-likeness (QED) is 0.685. The van der Waals surface area contributed by atoms with Crippen molar-refractivity contribution in [3.8, 4) is 0 Å². The minimum Gasteiger partial charge on any atom is -0.371 e. The maximum absolute atomic E-state index is 13.0. The molecule has 0 fully saturated rings. The average Bonchev–Trinajstić information content (AvgIpc) is 2.78. The van der Waals surface area contributed by atoms with Crippen LogP contribution in [0.3, 0.4) is 0 Å². The van der Waals surface area contributed by atoms with Crippen molar-refractivity contribution in [1.82, 2.24) is 4.98 Å². The Labute approximate surface area is 113 Å². The number of rotatable bonds is 4. The Morgan fingerprint density at radius 1 is 1.53 bits per heavy atom. The summed E-state index contributed by atoms with van der Waals surface area (Å²) in [6.45, 7) is 3.74. The smallest absolute Gasteiger partial charge is 0.295 e. The Hall–Kier alpha value is -2.02. The molecule has 19 heavy (non-hydrogen) atoms. The van der Waals surface area contributed by atoms with Gasteiger partial charge >= 0.3 is 0 Å². The lowest BCUT2D eigenvalue weighted by atomic mass is 10.2. The molecule has 100 valence electrons. The highest BCUT2D eigenvalue weighted by Gasteiger charge is 2.18. The van der Waals surface area contributed by atoms with Crippen molar-refractivity contribution in [2.24, 2.45) is 0 Å². The van der Waals surface area contributed by atoms with E-state index in [0.717, 1.165) is 16.8 Å². The molecular weight excluding hydrogens is 269 g/mol. The van der Waals surface area contributed by atoms with E-state index >= 15 is 0 Å². The number of aromatic nitrogens is 1. The fourth-order valence-electron chi connectivity index (χ4n) is 1.66. The first kappa shape index (κ1) is 13.4. The van der Waals surface area contributed by atoms with Crippen molar-refractivity contribution in [3.05, 3.63) is 50.2 Å². The van der Waals surface area contributed by atoms with Gasteiger partial charge in [0, 0.05) is 5.38 Å². The summed E-state index contributed by atoms with van der Waals surface area (Å²) in [6, 6.07) is 3.27.